The normalized spacial score (nSPS) is 33.2. The van der Waals surface area contributed by atoms with Gasteiger partial charge in [0.2, 0.25) is 0 Å². The summed E-state index contributed by atoms with van der Waals surface area (Å²) in [5, 5.41) is 3.54. The van der Waals surface area contributed by atoms with Gasteiger partial charge in [0.15, 0.2) is 0 Å². The zero-order chi connectivity index (χ0) is 10.4. The van der Waals surface area contributed by atoms with Crippen LogP contribution >= 0.6 is 0 Å². The summed E-state index contributed by atoms with van der Waals surface area (Å²) in [5.41, 5.74) is 0. The summed E-state index contributed by atoms with van der Waals surface area (Å²) >= 11 is 0. The van der Waals surface area contributed by atoms with Gasteiger partial charge in [-0.25, -0.2) is 0 Å². The molecule has 84 valence electrons. The Bertz CT molecular complexity index is 149. The Morgan fingerprint density at radius 2 is 2.07 bits per heavy atom. The molecule has 0 saturated heterocycles. The molecule has 0 aromatic carbocycles. The Balaban J connectivity index is 2.37. The van der Waals surface area contributed by atoms with Crippen molar-refractivity contribution in [1.82, 2.24) is 5.32 Å². The molecule has 0 bridgehead atoms. The highest BCUT2D eigenvalue weighted by Gasteiger charge is 2.28. The summed E-state index contributed by atoms with van der Waals surface area (Å²) < 4.78 is 5.91. The number of likely N-dealkylation sites (N-methyl/N-ethyl adjacent to an activating group) is 1. The van der Waals surface area contributed by atoms with Crippen LogP contribution in [-0.4, -0.2) is 25.3 Å². The van der Waals surface area contributed by atoms with Crippen LogP contribution in [-0.2, 0) is 4.74 Å². The lowest BCUT2D eigenvalue weighted by Gasteiger charge is -2.35. The quantitative estimate of drug-likeness (QED) is 0.735. The van der Waals surface area contributed by atoms with E-state index in [1.54, 1.807) is 0 Å². The van der Waals surface area contributed by atoms with Crippen LogP contribution in [0.2, 0.25) is 0 Å². The van der Waals surface area contributed by atoms with Gasteiger partial charge < -0.3 is 10.1 Å². The van der Waals surface area contributed by atoms with Crippen molar-refractivity contribution in [2.75, 3.05) is 13.2 Å². The fraction of sp³-hybridized carbons (Fsp3) is 1.00. The predicted octanol–water partition coefficient (Wildman–Crippen LogP) is 2.58. The van der Waals surface area contributed by atoms with Crippen LogP contribution in [0.3, 0.4) is 0 Å². The van der Waals surface area contributed by atoms with Crippen molar-refractivity contribution in [2.45, 2.75) is 58.6 Å². The van der Waals surface area contributed by atoms with E-state index in [0.29, 0.717) is 12.1 Å². The number of hydrogen-bond acceptors (Lipinski definition) is 2. The molecule has 1 saturated carbocycles. The third-order valence-corrected chi connectivity index (χ3v) is 3.06. The highest BCUT2D eigenvalue weighted by Crippen LogP contribution is 2.26. The van der Waals surface area contributed by atoms with Crippen molar-refractivity contribution in [1.29, 1.82) is 0 Å². The van der Waals surface area contributed by atoms with Crippen molar-refractivity contribution in [3.05, 3.63) is 0 Å². The average Bonchev–Trinajstić information content (AvgIpc) is 2.18. The Morgan fingerprint density at radius 1 is 1.29 bits per heavy atom. The van der Waals surface area contributed by atoms with Crippen molar-refractivity contribution in [2.24, 2.45) is 5.92 Å². The van der Waals surface area contributed by atoms with E-state index in [9.17, 15) is 0 Å². The first-order valence-corrected chi connectivity index (χ1v) is 6.12. The van der Waals surface area contributed by atoms with E-state index in [0.717, 1.165) is 25.5 Å². The molecule has 14 heavy (non-hydrogen) atoms. The summed E-state index contributed by atoms with van der Waals surface area (Å²) in [6.45, 7) is 8.66. The minimum absolute atomic E-state index is 0.457. The molecule has 1 N–H and O–H groups in total. The molecule has 0 aromatic heterocycles. The third kappa shape index (κ3) is 3.58. The molecule has 3 atom stereocenters. The second-order valence-corrected chi connectivity index (χ2v) is 4.49. The number of rotatable bonds is 5. The van der Waals surface area contributed by atoms with Crippen LogP contribution in [0.4, 0.5) is 0 Å². The molecule has 0 aromatic rings. The summed E-state index contributed by atoms with van der Waals surface area (Å²) in [6, 6.07) is 0.600. The molecular formula is C12H25NO. The zero-order valence-electron chi connectivity index (χ0n) is 9.88. The first-order valence-electron chi connectivity index (χ1n) is 6.12. The van der Waals surface area contributed by atoms with E-state index in [2.05, 4.69) is 26.1 Å². The molecule has 0 aliphatic heterocycles. The van der Waals surface area contributed by atoms with Crippen LogP contribution in [0.15, 0.2) is 0 Å². The second-order valence-electron chi connectivity index (χ2n) is 4.49. The number of hydrogen-bond donors (Lipinski definition) is 1. The van der Waals surface area contributed by atoms with Crippen LogP contribution < -0.4 is 5.32 Å². The molecule has 0 heterocycles. The van der Waals surface area contributed by atoms with Gasteiger partial charge >= 0.3 is 0 Å². The van der Waals surface area contributed by atoms with Crippen molar-refractivity contribution < 1.29 is 4.74 Å². The van der Waals surface area contributed by atoms with Gasteiger partial charge in [-0.2, -0.15) is 0 Å². The van der Waals surface area contributed by atoms with Gasteiger partial charge in [0.25, 0.3) is 0 Å². The third-order valence-electron chi connectivity index (χ3n) is 3.06. The minimum atomic E-state index is 0.457. The Kier molecular flexibility index (Phi) is 5.49. The molecule has 1 aliphatic carbocycles. The van der Waals surface area contributed by atoms with E-state index in [1.807, 2.05) is 0 Å². The highest BCUT2D eigenvalue weighted by molar-refractivity contribution is 4.84. The fourth-order valence-electron chi connectivity index (χ4n) is 2.28. The second kappa shape index (κ2) is 6.41. The summed E-state index contributed by atoms with van der Waals surface area (Å²) in [5.74, 6) is 0.840. The van der Waals surface area contributed by atoms with E-state index >= 15 is 0 Å². The van der Waals surface area contributed by atoms with Crippen molar-refractivity contribution in [3.8, 4) is 0 Å². The van der Waals surface area contributed by atoms with E-state index < -0.39 is 0 Å². The monoisotopic (exact) mass is 199 g/mol. The van der Waals surface area contributed by atoms with Gasteiger partial charge in [-0.1, -0.05) is 20.8 Å². The van der Waals surface area contributed by atoms with Crippen molar-refractivity contribution in [3.63, 3.8) is 0 Å². The van der Waals surface area contributed by atoms with Crippen molar-refractivity contribution >= 4 is 0 Å². The van der Waals surface area contributed by atoms with Gasteiger partial charge in [-0.05, 0) is 38.1 Å². The molecule has 0 radical (unpaired) electrons. The molecule has 1 rings (SSSR count). The number of nitrogens with one attached hydrogen (secondary N) is 1. The summed E-state index contributed by atoms with van der Waals surface area (Å²) in [4.78, 5) is 0. The average molecular weight is 199 g/mol. The Hall–Kier alpha value is -0.0800. The topological polar surface area (TPSA) is 21.3 Å². The molecule has 0 spiro atoms. The fourth-order valence-corrected chi connectivity index (χ4v) is 2.28. The number of ether oxygens (including phenoxy) is 1. The Labute approximate surface area is 88.4 Å². The molecule has 2 heteroatoms. The van der Waals surface area contributed by atoms with Crippen LogP contribution in [0.5, 0.6) is 0 Å². The first-order chi connectivity index (χ1) is 6.77. The molecular weight excluding hydrogens is 174 g/mol. The molecule has 1 aliphatic rings. The Morgan fingerprint density at radius 3 is 2.71 bits per heavy atom. The standard InChI is InChI=1S/C12H25NO/c1-4-8-14-12-9-10(3)6-7-11(12)13-5-2/h10-13H,4-9H2,1-3H3. The highest BCUT2D eigenvalue weighted by atomic mass is 16.5. The van der Waals surface area contributed by atoms with Gasteiger partial charge in [0, 0.05) is 12.6 Å². The zero-order valence-corrected chi connectivity index (χ0v) is 9.88. The van der Waals surface area contributed by atoms with Crippen LogP contribution in [0, 0.1) is 5.92 Å². The van der Waals surface area contributed by atoms with Gasteiger partial charge in [-0.15, -0.1) is 0 Å². The lowest BCUT2D eigenvalue weighted by atomic mass is 9.85. The SMILES string of the molecule is CCCOC1CC(C)CCC1NCC. The summed E-state index contributed by atoms with van der Waals surface area (Å²) in [6.07, 6.45) is 5.45. The largest absolute Gasteiger partial charge is 0.377 e. The first kappa shape index (κ1) is 12.0. The van der Waals surface area contributed by atoms with E-state index in [-0.39, 0.29) is 0 Å². The minimum Gasteiger partial charge on any atom is -0.377 e. The van der Waals surface area contributed by atoms with Gasteiger partial charge in [-0.3, -0.25) is 0 Å². The predicted molar refractivity (Wildman–Crippen MR) is 60.5 cm³/mol. The lowest BCUT2D eigenvalue weighted by molar-refractivity contribution is -0.00673. The molecule has 3 unspecified atom stereocenters. The maximum Gasteiger partial charge on any atom is 0.0730 e. The van der Waals surface area contributed by atoms with E-state index in [1.165, 1.54) is 19.3 Å². The molecule has 2 nitrogen and oxygen atoms in total. The van der Waals surface area contributed by atoms with E-state index in [4.69, 9.17) is 4.74 Å². The summed E-state index contributed by atoms with van der Waals surface area (Å²) in [7, 11) is 0. The molecule has 1 fully saturated rings. The molecule has 0 amide bonds. The maximum atomic E-state index is 5.91. The smallest absolute Gasteiger partial charge is 0.0730 e. The van der Waals surface area contributed by atoms with Crippen LogP contribution in [0.1, 0.15) is 46.5 Å². The maximum absolute atomic E-state index is 5.91. The lowest BCUT2D eigenvalue weighted by Crippen LogP contribution is -2.45. The van der Waals surface area contributed by atoms with Gasteiger partial charge in [0.05, 0.1) is 6.10 Å². The van der Waals surface area contributed by atoms with Gasteiger partial charge in [0.1, 0.15) is 0 Å². The van der Waals surface area contributed by atoms with Crippen LogP contribution in [0.25, 0.3) is 0 Å².